The Morgan fingerprint density at radius 1 is 1.19 bits per heavy atom. The first-order valence-electron chi connectivity index (χ1n) is 11.5. The van der Waals surface area contributed by atoms with Gasteiger partial charge >= 0.3 is 0 Å². The lowest BCUT2D eigenvalue weighted by molar-refractivity contribution is -0.132. The van der Waals surface area contributed by atoms with E-state index >= 15 is 0 Å². The van der Waals surface area contributed by atoms with E-state index in [-0.39, 0.29) is 28.9 Å². The van der Waals surface area contributed by atoms with Crippen LogP contribution in [-0.4, -0.2) is 75.0 Å². The third-order valence-corrected chi connectivity index (χ3v) is 8.60. The molecule has 1 aliphatic rings. The summed E-state index contributed by atoms with van der Waals surface area (Å²) in [5, 5.41) is 6.02. The zero-order valence-electron chi connectivity index (χ0n) is 20.6. The molecule has 0 aromatic heterocycles. The van der Waals surface area contributed by atoms with Crippen LogP contribution in [0.3, 0.4) is 0 Å². The number of sulfonamides is 1. The minimum Gasteiger partial charge on any atom is -0.368 e. The molecule has 0 atom stereocenters. The number of carbonyl (C=O) groups excluding carboxylic acids is 2. The van der Waals surface area contributed by atoms with Crippen LogP contribution in [-0.2, 0) is 26.2 Å². The number of benzene rings is 2. The topological polar surface area (TPSA) is 111 Å². The maximum absolute atomic E-state index is 13.2. The van der Waals surface area contributed by atoms with Gasteiger partial charge in [-0.25, -0.2) is 8.42 Å². The van der Waals surface area contributed by atoms with Crippen molar-refractivity contribution in [2.75, 3.05) is 39.8 Å². The van der Waals surface area contributed by atoms with Gasteiger partial charge in [0.2, 0.25) is 21.8 Å². The monoisotopic (exact) mass is 565 g/mol. The fourth-order valence-corrected chi connectivity index (χ4v) is 5.76. The molecule has 1 heterocycles. The lowest BCUT2D eigenvalue weighted by atomic mass is 10.1. The van der Waals surface area contributed by atoms with Gasteiger partial charge in [0.25, 0.3) is 0 Å². The van der Waals surface area contributed by atoms with Gasteiger partial charge in [-0.1, -0.05) is 53.5 Å². The molecule has 9 nitrogen and oxygen atoms in total. The van der Waals surface area contributed by atoms with Gasteiger partial charge < -0.3 is 15.5 Å². The number of aliphatic imine (C=N–C) groups is 1. The molecule has 0 saturated carbocycles. The quantitative estimate of drug-likeness (QED) is 0.407. The number of rotatable bonds is 11. The zero-order chi connectivity index (χ0) is 27.2. The molecule has 0 unspecified atom stereocenters. The molecule has 2 N–H and O–H groups in total. The predicted molar refractivity (Wildman–Crippen MR) is 145 cm³/mol. The first-order valence-corrected chi connectivity index (χ1v) is 13.7. The molecule has 0 fully saturated rings. The van der Waals surface area contributed by atoms with Crippen LogP contribution < -0.4 is 10.6 Å². The molecule has 2 amide bonds. The second kappa shape index (κ2) is 12.6. The molecule has 0 aliphatic carbocycles. The molecular weight excluding hydrogens is 537 g/mol. The second-order valence-electron chi connectivity index (χ2n) is 8.45. The van der Waals surface area contributed by atoms with Crippen LogP contribution in [0.1, 0.15) is 16.7 Å². The van der Waals surface area contributed by atoms with E-state index in [0.29, 0.717) is 17.1 Å². The Kier molecular flexibility index (Phi) is 9.72. The van der Waals surface area contributed by atoms with Crippen LogP contribution >= 0.6 is 23.2 Å². The molecule has 12 heteroatoms. The summed E-state index contributed by atoms with van der Waals surface area (Å²) >= 11 is 12.3. The first kappa shape index (κ1) is 28.6. The number of hydrogen-bond donors (Lipinski definition) is 2. The standard InChI is InChI=1S/C25H29Cl2N5O4S/c1-4-13-32(37(35,36)21-10-9-20(26)17(2)24(21)27)16-22(33)30-14-23(34)31(3)15-18-5-7-19(8-6-18)25-28-11-12-29-25/h4-10H,1,11-16H2,2-3H3,(H,28,29)(H,30,33). The summed E-state index contributed by atoms with van der Waals surface area (Å²) in [6.45, 7) is 6.19. The highest BCUT2D eigenvalue weighted by molar-refractivity contribution is 7.89. The Bertz CT molecular complexity index is 1310. The van der Waals surface area contributed by atoms with Gasteiger partial charge in [-0.2, -0.15) is 4.31 Å². The van der Waals surface area contributed by atoms with Gasteiger partial charge in [0.15, 0.2) is 0 Å². The largest absolute Gasteiger partial charge is 0.368 e. The third-order valence-electron chi connectivity index (χ3n) is 5.74. The van der Waals surface area contributed by atoms with Crippen molar-refractivity contribution in [3.05, 3.63) is 75.8 Å². The van der Waals surface area contributed by atoms with E-state index in [1.165, 1.54) is 23.1 Å². The van der Waals surface area contributed by atoms with Crippen molar-refractivity contribution in [3.63, 3.8) is 0 Å². The number of amides is 2. The van der Waals surface area contributed by atoms with Gasteiger partial charge in [0.1, 0.15) is 10.7 Å². The molecule has 0 radical (unpaired) electrons. The number of amidine groups is 1. The van der Waals surface area contributed by atoms with Crippen LogP contribution in [0, 0.1) is 6.92 Å². The van der Waals surface area contributed by atoms with Crippen molar-refractivity contribution < 1.29 is 18.0 Å². The van der Waals surface area contributed by atoms with Crippen LogP contribution in [0.25, 0.3) is 0 Å². The second-order valence-corrected chi connectivity index (χ2v) is 11.1. The van der Waals surface area contributed by atoms with Crippen LogP contribution in [0.5, 0.6) is 0 Å². The molecular formula is C25H29Cl2N5O4S. The molecule has 0 saturated heterocycles. The van der Waals surface area contributed by atoms with Gasteiger partial charge in [-0.15, -0.1) is 6.58 Å². The van der Waals surface area contributed by atoms with Crippen LogP contribution in [0.15, 0.2) is 58.9 Å². The van der Waals surface area contributed by atoms with Gasteiger partial charge in [0, 0.05) is 37.3 Å². The molecule has 1 aliphatic heterocycles. The fourth-order valence-electron chi connectivity index (χ4n) is 3.61. The fraction of sp³-hybridized carbons (Fsp3) is 0.320. The Labute approximate surface area is 227 Å². The van der Waals surface area contributed by atoms with Crippen molar-refractivity contribution in [2.45, 2.75) is 18.4 Å². The minimum absolute atomic E-state index is 0.0145. The summed E-state index contributed by atoms with van der Waals surface area (Å²) in [6, 6.07) is 10.4. The molecule has 2 aromatic rings. The van der Waals surface area contributed by atoms with Crippen molar-refractivity contribution >= 4 is 50.9 Å². The van der Waals surface area contributed by atoms with Crippen LogP contribution in [0.2, 0.25) is 10.0 Å². The van der Waals surface area contributed by atoms with Crippen molar-refractivity contribution in [1.29, 1.82) is 0 Å². The molecule has 0 spiro atoms. The summed E-state index contributed by atoms with van der Waals surface area (Å²) in [7, 11) is -2.50. The Balaban J connectivity index is 1.57. The van der Waals surface area contributed by atoms with Crippen molar-refractivity contribution in [2.24, 2.45) is 4.99 Å². The number of carbonyl (C=O) groups is 2. The van der Waals surface area contributed by atoms with Gasteiger partial charge in [-0.05, 0) is 30.2 Å². The Hall–Kier alpha value is -2.92. The number of nitrogens with one attached hydrogen (secondary N) is 2. The summed E-state index contributed by atoms with van der Waals surface area (Å²) in [5.41, 5.74) is 2.32. The summed E-state index contributed by atoms with van der Waals surface area (Å²) in [6.07, 6.45) is 1.36. The van der Waals surface area contributed by atoms with E-state index in [4.69, 9.17) is 23.2 Å². The van der Waals surface area contributed by atoms with Gasteiger partial charge in [0.05, 0.1) is 24.7 Å². The molecule has 2 aromatic carbocycles. The normalized spacial score (nSPS) is 13.2. The molecule has 0 bridgehead atoms. The average Bonchev–Trinajstić information content (AvgIpc) is 3.41. The Morgan fingerprint density at radius 2 is 1.89 bits per heavy atom. The molecule has 37 heavy (non-hydrogen) atoms. The highest BCUT2D eigenvalue weighted by Gasteiger charge is 2.29. The maximum Gasteiger partial charge on any atom is 0.245 e. The first-order chi connectivity index (χ1) is 17.5. The van der Waals surface area contributed by atoms with E-state index in [1.54, 1.807) is 14.0 Å². The number of nitrogens with zero attached hydrogens (tertiary/aromatic N) is 3. The van der Waals surface area contributed by atoms with E-state index < -0.39 is 22.5 Å². The number of hydrogen-bond acceptors (Lipinski definition) is 6. The summed E-state index contributed by atoms with van der Waals surface area (Å²) in [5.74, 6) is -0.100. The smallest absolute Gasteiger partial charge is 0.245 e. The zero-order valence-corrected chi connectivity index (χ0v) is 23.0. The predicted octanol–water partition coefficient (Wildman–Crippen LogP) is 2.60. The highest BCUT2D eigenvalue weighted by Crippen LogP contribution is 2.32. The number of halogens is 2. The minimum atomic E-state index is -4.13. The van der Waals surface area contributed by atoms with Gasteiger partial charge in [-0.3, -0.25) is 14.6 Å². The van der Waals surface area contributed by atoms with Crippen molar-refractivity contribution in [3.8, 4) is 0 Å². The molecule has 3 rings (SSSR count). The van der Waals surface area contributed by atoms with Crippen molar-refractivity contribution in [1.82, 2.24) is 19.8 Å². The highest BCUT2D eigenvalue weighted by atomic mass is 35.5. The SMILES string of the molecule is C=CCN(CC(=O)NCC(=O)N(C)Cc1ccc(C2=NCCN2)cc1)S(=O)(=O)c1ccc(Cl)c(C)c1Cl. The summed E-state index contributed by atoms with van der Waals surface area (Å²) in [4.78, 5) is 30.8. The van der Waals surface area contributed by atoms with E-state index in [2.05, 4.69) is 22.2 Å². The maximum atomic E-state index is 13.2. The lowest BCUT2D eigenvalue weighted by Gasteiger charge is -2.22. The average molecular weight is 567 g/mol. The Morgan fingerprint density at radius 3 is 2.51 bits per heavy atom. The van der Waals surface area contributed by atoms with E-state index in [1.807, 2.05) is 24.3 Å². The number of likely N-dealkylation sites (N-methyl/N-ethyl adjacent to an activating group) is 1. The molecule has 198 valence electrons. The van der Waals surface area contributed by atoms with E-state index in [9.17, 15) is 18.0 Å². The lowest BCUT2D eigenvalue weighted by Crippen LogP contribution is -2.44. The van der Waals surface area contributed by atoms with E-state index in [0.717, 1.165) is 34.4 Å². The third kappa shape index (κ3) is 7.10. The van der Waals surface area contributed by atoms with Crippen LogP contribution in [0.4, 0.5) is 0 Å². The summed E-state index contributed by atoms with van der Waals surface area (Å²) < 4.78 is 27.3.